The Morgan fingerprint density at radius 1 is 1.33 bits per heavy atom. The number of nitrogen functional groups attached to an aromatic ring is 1. The number of nitrogens with one attached hydrogen (secondary N) is 1. The second-order valence-corrected chi connectivity index (χ2v) is 4.32. The third kappa shape index (κ3) is 2.45. The lowest BCUT2D eigenvalue weighted by Crippen LogP contribution is -2.08. The largest absolute Gasteiger partial charge is 0.394 e. The Labute approximate surface area is 107 Å². The summed E-state index contributed by atoms with van der Waals surface area (Å²) < 4.78 is 1.88. The summed E-state index contributed by atoms with van der Waals surface area (Å²) in [5, 5.41) is 7.69. The number of aryl methyl sites for hydroxylation is 3. The second kappa shape index (κ2) is 5.08. The van der Waals surface area contributed by atoms with Gasteiger partial charge in [0, 0.05) is 25.0 Å². The molecule has 18 heavy (non-hydrogen) atoms. The third-order valence-electron chi connectivity index (χ3n) is 2.91. The lowest BCUT2D eigenvalue weighted by atomic mass is 10.2. The maximum atomic E-state index is 6.01. The lowest BCUT2D eigenvalue weighted by molar-refractivity contribution is 0.657. The number of hydrogen-bond acceptors (Lipinski definition) is 4. The number of anilines is 2. The number of pyridine rings is 1. The highest BCUT2D eigenvalue weighted by Crippen LogP contribution is 2.22. The van der Waals surface area contributed by atoms with Crippen LogP contribution in [0.4, 0.5) is 11.5 Å². The molecule has 0 aliphatic carbocycles. The molecule has 0 aliphatic heterocycles. The fourth-order valence-corrected chi connectivity index (χ4v) is 1.80. The number of hydrogen-bond donors (Lipinski definition) is 2. The van der Waals surface area contributed by atoms with Crippen molar-refractivity contribution in [2.45, 2.75) is 33.9 Å². The van der Waals surface area contributed by atoms with Gasteiger partial charge in [0.05, 0.1) is 11.4 Å². The van der Waals surface area contributed by atoms with Gasteiger partial charge in [0.25, 0.3) is 0 Å². The minimum absolute atomic E-state index is 0.697. The Bertz CT molecular complexity index is 527. The van der Waals surface area contributed by atoms with Crippen molar-refractivity contribution in [3.05, 3.63) is 35.3 Å². The summed E-state index contributed by atoms with van der Waals surface area (Å²) in [5.74, 6) is 0.885. The van der Waals surface area contributed by atoms with Gasteiger partial charge in [-0.3, -0.25) is 4.98 Å². The van der Waals surface area contributed by atoms with Crippen LogP contribution >= 0.6 is 0 Å². The molecule has 96 valence electrons. The SMILES string of the molecule is CCn1nc(C)c(N)c1NCc1ccc(C)nc1. The molecule has 3 N–H and O–H groups in total. The average Bonchev–Trinajstić information content (AvgIpc) is 2.65. The molecule has 0 unspecified atom stereocenters. The van der Waals surface area contributed by atoms with Crippen LogP contribution in [-0.4, -0.2) is 14.8 Å². The first-order valence-electron chi connectivity index (χ1n) is 6.10. The van der Waals surface area contributed by atoms with Crippen LogP contribution in [0.1, 0.15) is 23.9 Å². The highest BCUT2D eigenvalue weighted by Gasteiger charge is 2.10. The summed E-state index contributed by atoms with van der Waals surface area (Å²) in [4.78, 5) is 4.27. The van der Waals surface area contributed by atoms with E-state index in [-0.39, 0.29) is 0 Å². The first-order chi connectivity index (χ1) is 8.61. The zero-order valence-electron chi connectivity index (χ0n) is 11.1. The van der Waals surface area contributed by atoms with Crippen molar-refractivity contribution in [3.63, 3.8) is 0 Å². The van der Waals surface area contributed by atoms with Crippen molar-refractivity contribution in [1.82, 2.24) is 14.8 Å². The van der Waals surface area contributed by atoms with Gasteiger partial charge in [-0.05, 0) is 32.4 Å². The highest BCUT2D eigenvalue weighted by molar-refractivity contribution is 5.64. The summed E-state index contributed by atoms with van der Waals surface area (Å²) in [6.45, 7) is 7.43. The molecule has 2 rings (SSSR count). The summed E-state index contributed by atoms with van der Waals surface area (Å²) in [6, 6.07) is 4.06. The van der Waals surface area contributed by atoms with E-state index in [0.717, 1.165) is 35.0 Å². The molecule has 0 radical (unpaired) electrons. The predicted octanol–water partition coefficient (Wildman–Crippen LogP) is 2.11. The number of aromatic nitrogens is 3. The Balaban J connectivity index is 2.12. The normalized spacial score (nSPS) is 10.6. The molecule has 0 aliphatic rings. The van der Waals surface area contributed by atoms with Gasteiger partial charge in [-0.25, -0.2) is 4.68 Å². The van der Waals surface area contributed by atoms with E-state index in [4.69, 9.17) is 5.73 Å². The molecule has 2 aromatic rings. The smallest absolute Gasteiger partial charge is 0.148 e. The zero-order chi connectivity index (χ0) is 13.1. The Morgan fingerprint density at radius 2 is 2.11 bits per heavy atom. The first-order valence-corrected chi connectivity index (χ1v) is 6.10. The van der Waals surface area contributed by atoms with E-state index in [1.165, 1.54) is 0 Å². The molecule has 0 atom stereocenters. The van der Waals surface area contributed by atoms with Gasteiger partial charge < -0.3 is 11.1 Å². The van der Waals surface area contributed by atoms with Crippen LogP contribution in [0.15, 0.2) is 18.3 Å². The molecule has 5 heteroatoms. The molecule has 2 heterocycles. The fourth-order valence-electron chi connectivity index (χ4n) is 1.80. The van der Waals surface area contributed by atoms with Gasteiger partial charge >= 0.3 is 0 Å². The number of rotatable bonds is 4. The van der Waals surface area contributed by atoms with Crippen LogP contribution in [0.2, 0.25) is 0 Å². The van der Waals surface area contributed by atoms with Gasteiger partial charge in [-0.15, -0.1) is 0 Å². The van der Waals surface area contributed by atoms with Crippen LogP contribution in [-0.2, 0) is 13.1 Å². The van der Waals surface area contributed by atoms with Gasteiger partial charge in [0.2, 0.25) is 0 Å². The van der Waals surface area contributed by atoms with Crippen molar-refractivity contribution in [1.29, 1.82) is 0 Å². The first kappa shape index (κ1) is 12.4. The minimum Gasteiger partial charge on any atom is -0.394 e. The van der Waals surface area contributed by atoms with Gasteiger partial charge in [-0.2, -0.15) is 5.10 Å². The Morgan fingerprint density at radius 3 is 2.72 bits per heavy atom. The van der Waals surface area contributed by atoms with Crippen LogP contribution in [0.25, 0.3) is 0 Å². The molecule has 0 aromatic carbocycles. The molecule has 0 bridgehead atoms. The summed E-state index contributed by atoms with van der Waals surface area (Å²) in [6.07, 6.45) is 1.87. The minimum atomic E-state index is 0.697. The van der Waals surface area contributed by atoms with Crippen LogP contribution < -0.4 is 11.1 Å². The van der Waals surface area contributed by atoms with E-state index in [2.05, 4.69) is 21.5 Å². The van der Waals surface area contributed by atoms with E-state index < -0.39 is 0 Å². The van der Waals surface area contributed by atoms with Crippen molar-refractivity contribution in [2.24, 2.45) is 0 Å². The quantitative estimate of drug-likeness (QED) is 0.865. The van der Waals surface area contributed by atoms with Crippen molar-refractivity contribution in [3.8, 4) is 0 Å². The molecule has 0 amide bonds. The molecule has 0 fully saturated rings. The van der Waals surface area contributed by atoms with E-state index in [0.29, 0.717) is 6.54 Å². The van der Waals surface area contributed by atoms with E-state index in [1.807, 2.05) is 37.7 Å². The maximum absolute atomic E-state index is 6.01. The standard InChI is InChI=1S/C13H19N5/c1-4-18-13(12(14)10(3)17-18)16-8-11-6-5-9(2)15-7-11/h5-7,16H,4,8,14H2,1-3H3. The van der Waals surface area contributed by atoms with Crippen LogP contribution in [0.5, 0.6) is 0 Å². The molecule has 0 saturated carbocycles. The van der Waals surface area contributed by atoms with Crippen LogP contribution in [0.3, 0.4) is 0 Å². The summed E-state index contributed by atoms with van der Waals surface area (Å²) >= 11 is 0. The van der Waals surface area contributed by atoms with E-state index >= 15 is 0 Å². The Hall–Kier alpha value is -2.04. The average molecular weight is 245 g/mol. The molecular formula is C13H19N5. The maximum Gasteiger partial charge on any atom is 0.148 e. The zero-order valence-corrected chi connectivity index (χ0v) is 11.1. The number of nitrogens with zero attached hydrogens (tertiary/aromatic N) is 3. The predicted molar refractivity (Wildman–Crippen MR) is 73.4 cm³/mol. The molecule has 2 aromatic heterocycles. The fraction of sp³-hybridized carbons (Fsp3) is 0.385. The topological polar surface area (TPSA) is 68.8 Å². The lowest BCUT2D eigenvalue weighted by Gasteiger charge is -2.09. The van der Waals surface area contributed by atoms with E-state index in [9.17, 15) is 0 Å². The highest BCUT2D eigenvalue weighted by atomic mass is 15.3. The van der Waals surface area contributed by atoms with E-state index in [1.54, 1.807) is 0 Å². The Kier molecular flexibility index (Phi) is 3.50. The van der Waals surface area contributed by atoms with Crippen molar-refractivity contribution in [2.75, 3.05) is 11.1 Å². The molecule has 5 nitrogen and oxygen atoms in total. The third-order valence-corrected chi connectivity index (χ3v) is 2.91. The molecule has 0 spiro atoms. The summed E-state index contributed by atoms with van der Waals surface area (Å²) in [7, 11) is 0. The van der Waals surface area contributed by atoms with Gasteiger partial charge in [0.1, 0.15) is 5.82 Å². The van der Waals surface area contributed by atoms with Gasteiger partial charge in [0.15, 0.2) is 0 Å². The van der Waals surface area contributed by atoms with Crippen molar-refractivity contribution >= 4 is 11.5 Å². The van der Waals surface area contributed by atoms with Crippen molar-refractivity contribution < 1.29 is 0 Å². The number of nitrogens with two attached hydrogens (primary N) is 1. The molecule has 0 saturated heterocycles. The van der Waals surface area contributed by atoms with Gasteiger partial charge in [-0.1, -0.05) is 6.07 Å². The monoisotopic (exact) mass is 245 g/mol. The van der Waals surface area contributed by atoms with Crippen LogP contribution in [0, 0.1) is 13.8 Å². The molecular weight excluding hydrogens is 226 g/mol. The second-order valence-electron chi connectivity index (χ2n) is 4.32. The summed E-state index contributed by atoms with van der Waals surface area (Å²) in [5.41, 5.74) is 9.73.